The standard InChI is InChI=1S/C10H15N3O/c11-8-3-1-2-4-9(8)14-10-5-6-12-7-13-10/h5-9H,1-4,11H2. The Kier molecular flexibility index (Phi) is 2.93. The molecule has 0 bridgehead atoms. The zero-order valence-corrected chi connectivity index (χ0v) is 8.10. The molecule has 2 N–H and O–H groups in total. The number of nitrogens with two attached hydrogens (primary N) is 1. The van der Waals surface area contributed by atoms with E-state index in [-0.39, 0.29) is 12.1 Å². The van der Waals surface area contributed by atoms with Gasteiger partial charge in [-0.05, 0) is 19.3 Å². The molecule has 14 heavy (non-hydrogen) atoms. The summed E-state index contributed by atoms with van der Waals surface area (Å²) in [6.45, 7) is 0. The summed E-state index contributed by atoms with van der Waals surface area (Å²) >= 11 is 0. The van der Waals surface area contributed by atoms with Gasteiger partial charge in [-0.3, -0.25) is 0 Å². The first-order valence-electron chi connectivity index (χ1n) is 5.04. The highest BCUT2D eigenvalue weighted by atomic mass is 16.5. The lowest BCUT2D eigenvalue weighted by Gasteiger charge is -2.28. The first kappa shape index (κ1) is 9.40. The summed E-state index contributed by atoms with van der Waals surface area (Å²) in [7, 11) is 0. The van der Waals surface area contributed by atoms with Crippen molar-refractivity contribution in [3.63, 3.8) is 0 Å². The molecule has 1 aromatic heterocycles. The van der Waals surface area contributed by atoms with Crippen LogP contribution in [-0.2, 0) is 0 Å². The second-order valence-corrected chi connectivity index (χ2v) is 3.65. The molecule has 1 fully saturated rings. The van der Waals surface area contributed by atoms with Gasteiger partial charge in [0, 0.05) is 18.3 Å². The van der Waals surface area contributed by atoms with Crippen molar-refractivity contribution < 1.29 is 4.74 Å². The zero-order chi connectivity index (χ0) is 9.80. The quantitative estimate of drug-likeness (QED) is 0.764. The van der Waals surface area contributed by atoms with Crippen molar-refractivity contribution in [1.82, 2.24) is 9.97 Å². The van der Waals surface area contributed by atoms with Gasteiger partial charge in [0.2, 0.25) is 5.88 Å². The van der Waals surface area contributed by atoms with E-state index in [2.05, 4.69) is 9.97 Å². The number of hydrogen-bond acceptors (Lipinski definition) is 4. The Morgan fingerprint density at radius 1 is 1.36 bits per heavy atom. The lowest BCUT2D eigenvalue weighted by Crippen LogP contribution is -2.41. The Bertz CT molecular complexity index is 278. The number of nitrogens with zero attached hydrogens (tertiary/aromatic N) is 2. The van der Waals surface area contributed by atoms with Crippen molar-refractivity contribution in [2.75, 3.05) is 0 Å². The van der Waals surface area contributed by atoms with Crippen LogP contribution in [0.25, 0.3) is 0 Å². The van der Waals surface area contributed by atoms with E-state index in [1.54, 1.807) is 12.3 Å². The lowest BCUT2D eigenvalue weighted by molar-refractivity contribution is 0.126. The molecule has 4 heteroatoms. The smallest absolute Gasteiger partial charge is 0.216 e. The minimum absolute atomic E-state index is 0.124. The molecule has 2 atom stereocenters. The molecular formula is C10H15N3O. The van der Waals surface area contributed by atoms with E-state index in [1.807, 2.05) is 0 Å². The van der Waals surface area contributed by atoms with Crippen LogP contribution in [0.2, 0.25) is 0 Å². The van der Waals surface area contributed by atoms with Crippen LogP contribution in [0.1, 0.15) is 25.7 Å². The van der Waals surface area contributed by atoms with Crippen LogP contribution in [0.15, 0.2) is 18.6 Å². The van der Waals surface area contributed by atoms with Crippen LogP contribution in [0.3, 0.4) is 0 Å². The molecule has 0 radical (unpaired) electrons. The first-order valence-corrected chi connectivity index (χ1v) is 5.04. The Labute approximate surface area is 83.5 Å². The largest absolute Gasteiger partial charge is 0.473 e. The van der Waals surface area contributed by atoms with Crippen LogP contribution < -0.4 is 10.5 Å². The van der Waals surface area contributed by atoms with E-state index in [0.717, 1.165) is 12.8 Å². The molecule has 76 valence electrons. The van der Waals surface area contributed by atoms with Crippen molar-refractivity contribution in [3.8, 4) is 5.88 Å². The summed E-state index contributed by atoms with van der Waals surface area (Å²) in [6.07, 6.45) is 7.79. The van der Waals surface area contributed by atoms with Crippen molar-refractivity contribution in [3.05, 3.63) is 18.6 Å². The molecule has 0 aromatic carbocycles. The number of rotatable bonds is 2. The zero-order valence-electron chi connectivity index (χ0n) is 8.10. The molecular weight excluding hydrogens is 178 g/mol. The summed E-state index contributed by atoms with van der Waals surface area (Å²) in [4.78, 5) is 7.85. The minimum atomic E-state index is 0.124. The van der Waals surface area contributed by atoms with Gasteiger partial charge in [-0.15, -0.1) is 0 Å². The Balaban J connectivity index is 1.96. The Morgan fingerprint density at radius 2 is 2.21 bits per heavy atom. The maximum atomic E-state index is 5.96. The lowest BCUT2D eigenvalue weighted by atomic mass is 9.93. The molecule has 1 heterocycles. The summed E-state index contributed by atoms with van der Waals surface area (Å²) in [5.41, 5.74) is 5.96. The maximum Gasteiger partial charge on any atom is 0.216 e. The number of aromatic nitrogens is 2. The normalized spacial score (nSPS) is 27.2. The van der Waals surface area contributed by atoms with E-state index in [1.165, 1.54) is 19.2 Å². The average Bonchev–Trinajstić information content (AvgIpc) is 2.23. The molecule has 1 saturated carbocycles. The Morgan fingerprint density at radius 3 is 2.93 bits per heavy atom. The highest BCUT2D eigenvalue weighted by Crippen LogP contribution is 2.20. The average molecular weight is 193 g/mol. The SMILES string of the molecule is NC1CCCCC1Oc1ccncn1. The van der Waals surface area contributed by atoms with Crippen LogP contribution in [0.4, 0.5) is 0 Å². The molecule has 1 aromatic rings. The fourth-order valence-electron chi connectivity index (χ4n) is 1.78. The van der Waals surface area contributed by atoms with E-state index in [0.29, 0.717) is 5.88 Å². The molecule has 0 aliphatic heterocycles. The molecule has 2 unspecified atom stereocenters. The predicted molar refractivity (Wildman–Crippen MR) is 52.9 cm³/mol. The van der Waals surface area contributed by atoms with Gasteiger partial charge in [0.25, 0.3) is 0 Å². The molecule has 0 amide bonds. The third-order valence-electron chi connectivity index (χ3n) is 2.58. The van der Waals surface area contributed by atoms with Gasteiger partial charge in [-0.1, -0.05) is 6.42 Å². The van der Waals surface area contributed by atoms with Gasteiger partial charge in [0.15, 0.2) is 0 Å². The fourth-order valence-corrected chi connectivity index (χ4v) is 1.78. The van der Waals surface area contributed by atoms with Gasteiger partial charge in [0.1, 0.15) is 12.4 Å². The van der Waals surface area contributed by atoms with E-state index < -0.39 is 0 Å². The van der Waals surface area contributed by atoms with Crippen molar-refractivity contribution in [2.24, 2.45) is 5.73 Å². The highest BCUT2D eigenvalue weighted by Gasteiger charge is 2.23. The van der Waals surface area contributed by atoms with Gasteiger partial charge in [-0.25, -0.2) is 9.97 Å². The second-order valence-electron chi connectivity index (χ2n) is 3.65. The molecule has 0 spiro atoms. The van der Waals surface area contributed by atoms with E-state index in [4.69, 9.17) is 10.5 Å². The third-order valence-corrected chi connectivity index (χ3v) is 2.58. The molecule has 0 saturated heterocycles. The minimum Gasteiger partial charge on any atom is -0.473 e. The summed E-state index contributed by atoms with van der Waals surface area (Å²) in [5, 5.41) is 0. The highest BCUT2D eigenvalue weighted by molar-refractivity contribution is 5.05. The topological polar surface area (TPSA) is 61.0 Å². The molecule has 1 aliphatic rings. The van der Waals surface area contributed by atoms with Gasteiger partial charge < -0.3 is 10.5 Å². The van der Waals surface area contributed by atoms with Crippen molar-refractivity contribution >= 4 is 0 Å². The number of ether oxygens (including phenoxy) is 1. The van der Waals surface area contributed by atoms with E-state index >= 15 is 0 Å². The molecule has 4 nitrogen and oxygen atoms in total. The fraction of sp³-hybridized carbons (Fsp3) is 0.600. The molecule has 1 aliphatic carbocycles. The van der Waals surface area contributed by atoms with Crippen molar-refractivity contribution in [2.45, 2.75) is 37.8 Å². The number of hydrogen-bond donors (Lipinski definition) is 1. The summed E-state index contributed by atoms with van der Waals surface area (Å²) in [6, 6.07) is 1.92. The van der Waals surface area contributed by atoms with Crippen LogP contribution in [0.5, 0.6) is 5.88 Å². The van der Waals surface area contributed by atoms with Crippen LogP contribution >= 0.6 is 0 Å². The van der Waals surface area contributed by atoms with Crippen molar-refractivity contribution in [1.29, 1.82) is 0 Å². The van der Waals surface area contributed by atoms with Gasteiger partial charge in [-0.2, -0.15) is 0 Å². The predicted octanol–water partition coefficient (Wildman–Crippen LogP) is 1.13. The van der Waals surface area contributed by atoms with Crippen LogP contribution in [0, 0.1) is 0 Å². The Hall–Kier alpha value is -1.16. The summed E-state index contributed by atoms with van der Waals surface area (Å²) in [5.74, 6) is 0.627. The second kappa shape index (κ2) is 4.37. The molecule has 2 rings (SSSR count). The monoisotopic (exact) mass is 193 g/mol. The maximum absolute atomic E-state index is 5.96. The third kappa shape index (κ3) is 2.20. The van der Waals surface area contributed by atoms with E-state index in [9.17, 15) is 0 Å². The first-order chi connectivity index (χ1) is 6.86. The summed E-state index contributed by atoms with van der Waals surface area (Å²) < 4.78 is 5.69. The van der Waals surface area contributed by atoms with Gasteiger partial charge >= 0.3 is 0 Å². The van der Waals surface area contributed by atoms with Crippen LogP contribution in [-0.4, -0.2) is 22.1 Å². The van der Waals surface area contributed by atoms with Gasteiger partial charge in [0.05, 0.1) is 0 Å².